The Labute approximate surface area is 175 Å². The third-order valence-electron chi connectivity index (χ3n) is 6.52. The minimum atomic E-state index is -0.766. The molecule has 0 radical (unpaired) electrons. The van der Waals surface area contributed by atoms with Gasteiger partial charge in [-0.3, -0.25) is 0 Å². The number of hydrogen-bond acceptors (Lipinski definition) is 3. The molecule has 2 aliphatic rings. The highest BCUT2D eigenvalue weighted by Gasteiger charge is 2.21. The van der Waals surface area contributed by atoms with Crippen LogP contribution in [0, 0.1) is 0 Å². The summed E-state index contributed by atoms with van der Waals surface area (Å²) in [6, 6.07) is 11.9. The molecule has 2 aromatic rings. The molecule has 2 N–H and O–H groups in total. The molecular formula is C24H30O2S2. The van der Waals surface area contributed by atoms with Crippen LogP contribution in [0.15, 0.2) is 46.2 Å². The summed E-state index contributed by atoms with van der Waals surface area (Å²) in [5.74, 6) is 1.64. The second-order valence-electron chi connectivity index (χ2n) is 8.39. The third kappa shape index (κ3) is 4.28. The van der Waals surface area contributed by atoms with E-state index < -0.39 is 9.45 Å². The zero-order chi connectivity index (χ0) is 19.5. The molecule has 0 bridgehead atoms. The molecule has 0 aliphatic heterocycles. The minimum absolute atomic E-state index is 0.250. The van der Waals surface area contributed by atoms with Crippen molar-refractivity contribution >= 4 is 20.6 Å². The van der Waals surface area contributed by atoms with Gasteiger partial charge in [-0.15, -0.1) is 0 Å². The highest BCUT2D eigenvalue weighted by atomic mass is 32.8. The molecular weight excluding hydrogens is 384 g/mol. The first-order chi connectivity index (χ1) is 13.6. The van der Waals surface area contributed by atoms with Crippen LogP contribution in [0.25, 0.3) is 0 Å². The average molecular weight is 415 g/mol. The minimum Gasteiger partial charge on any atom is -0.507 e. The van der Waals surface area contributed by atoms with Crippen LogP contribution in [0.4, 0.5) is 0 Å². The first kappa shape index (κ1) is 19.9. The van der Waals surface area contributed by atoms with Gasteiger partial charge in [-0.05, 0) is 84.1 Å². The highest BCUT2D eigenvalue weighted by molar-refractivity contribution is 8.29. The lowest BCUT2D eigenvalue weighted by Crippen LogP contribution is -2.06. The molecule has 0 spiro atoms. The normalized spacial score (nSPS) is 19.2. The van der Waals surface area contributed by atoms with Crippen molar-refractivity contribution in [2.24, 2.45) is 0 Å². The van der Waals surface area contributed by atoms with Crippen LogP contribution in [0.5, 0.6) is 11.5 Å². The van der Waals surface area contributed by atoms with Crippen molar-refractivity contribution in [3.05, 3.63) is 47.5 Å². The monoisotopic (exact) mass is 414 g/mol. The predicted molar refractivity (Wildman–Crippen MR) is 119 cm³/mol. The van der Waals surface area contributed by atoms with Crippen LogP contribution >= 0.6 is 0 Å². The summed E-state index contributed by atoms with van der Waals surface area (Å²) in [7, 11) is -0.766. The van der Waals surface area contributed by atoms with Crippen LogP contribution in [-0.4, -0.2) is 10.2 Å². The number of rotatable bonds is 4. The first-order valence-electron chi connectivity index (χ1n) is 10.7. The summed E-state index contributed by atoms with van der Waals surface area (Å²) < 4.78 is 0. The van der Waals surface area contributed by atoms with E-state index in [4.69, 9.17) is 11.2 Å². The maximum absolute atomic E-state index is 10.5. The number of phenols is 2. The summed E-state index contributed by atoms with van der Waals surface area (Å²) in [5.41, 5.74) is 2.58. The quantitative estimate of drug-likeness (QED) is 0.585. The Balaban J connectivity index is 1.65. The fourth-order valence-corrected chi connectivity index (χ4v) is 6.90. The van der Waals surface area contributed by atoms with Gasteiger partial charge in [0.05, 0.1) is 9.79 Å². The Hall–Kier alpha value is -1.39. The lowest BCUT2D eigenvalue weighted by atomic mass is 9.84. The van der Waals surface area contributed by atoms with Gasteiger partial charge in [0.1, 0.15) is 11.5 Å². The second-order valence-corrected chi connectivity index (χ2v) is 10.8. The van der Waals surface area contributed by atoms with Crippen LogP contribution < -0.4 is 0 Å². The Bertz CT molecular complexity index is 780. The SMILES string of the molecule is Oc1ccc(C2CCCCC2)cc1S(=S)c1cc(C2CCCCC2)ccc1O. The van der Waals surface area contributed by atoms with E-state index in [0.29, 0.717) is 11.8 Å². The largest absolute Gasteiger partial charge is 0.507 e. The van der Waals surface area contributed by atoms with Gasteiger partial charge in [0.15, 0.2) is 0 Å². The lowest BCUT2D eigenvalue weighted by molar-refractivity contribution is 0.438. The molecule has 0 saturated heterocycles. The smallest absolute Gasteiger partial charge is 0.129 e. The summed E-state index contributed by atoms with van der Waals surface area (Å²) in [6.45, 7) is 0. The summed E-state index contributed by atoms with van der Waals surface area (Å²) in [5, 5.41) is 21.1. The van der Waals surface area contributed by atoms with E-state index in [2.05, 4.69) is 24.3 Å². The van der Waals surface area contributed by atoms with Gasteiger partial charge in [0.2, 0.25) is 0 Å². The molecule has 0 heterocycles. The van der Waals surface area contributed by atoms with Gasteiger partial charge < -0.3 is 10.2 Å². The van der Waals surface area contributed by atoms with Crippen LogP contribution in [-0.2, 0) is 20.6 Å². The molecule has 150 valence electrons. The molecule has 2 saturated carbocycles. The molecule has 0 atom stereocenters. The molecule has 2 nitrogen and oxygen atoms in total. The fraction of sp³-hybridized carbons (Fsp3) is 0.500. The summed E-state index contributed by atoms with van der Waals surface area (Å²) in [6.07, 6.45) is 12.7. The zero-order valence-corrected chi connectivity index (χ0v) is 18.0. The van der Waals surface area contributed by atoms with Crippen LogP contribution in [0.2, 0.25) is 0 Å². The van der Waals surface area contributed by atoms with Gasteiger partial charge in [0, 0.05) is 0 Å². The Morgan fingerprint density at radius 1 is 0.643 bits per heavy atom. The molecule has 2 aliphatic carbocycles. The Morgan fingerprint density at radius 3 is 1.43 bits per heavy atom. The third-order valence-corrected chi connectivity index (χ3v) is 9.05. The van der Waals surface area contributed by atoms with Gasteiger partial charge in [0.25, 0.3) is 0 Å². The molecule has 2 fully saturated rings. The van der Waals surface area contributed by atoms with Gasteiger partial charge in [-0.2, -0.15) is 0 Å². The van der Waals surface area contributed by atoms with E-state index in [1.807, 2.05) is 0 Å². The summed E-state index contributed by atoms with van der Waals surface area (Å²) >= 11 is 5.88. The lowest BCUT2D eigenvalue weighted by Gasteiger charge is -2.24. The number of phenolic OH excluding ortho intramolecular Hbond substituents is 2. The second kappa shape index (κ2) is 8.96. The standard InChI is InChI=1S/C24H30O2S2/c25-21-13-11-19(17-7-3-1-4-8-17)15-23(21)28(27)24-16-20(12-14-22(24)26)18-9-5-2-6-10-18/h11-18,25-26H,1-10H2. The van der Waals surface area contributed by atoms with Crippen LogP contribution in [0.1, 0.15) is 87.2 Å². The molecule has 4 heteroatoms. The zero-order valence-electron chi connectivity index (χ0n) is 16.4. The maximum Gasteiger partial charge on any atom is 0.129 e. The van der Waals surface area contributed by atoms with Crippen molar-refractivity contribution in [3.8, 4) is 11.5 Å². The van der Waals surface area contributed by atoms with Gasteiger partial charge in [-0.1, -0.05) is 60.1 Å². The van der Waals surface area contributed by atoms with E-state index in [0.717, 1.165) is 9.79 Å². The first-order valence-corrected chi connectivity index (χ1v) is 12.9. The average Bonchev–Trinajstić information content (AvgIpc) is 2.75. The van der Waals surface area contributed by atoms with Crippen LogP contribution in [0.3, 0.4) is 0 Å². The van der Waals surface area contributed by atoms with Crippen molar-refractivity contribution in [2.45, 2.75) is 85.8 Å². The number of aromatic hydroxyl groups is 2. The summed E-state index contributed by atoms with van der Waals surface area (Å²) in [4.78, 5) is 1.57. The molecule has 2 aromatic carbocycles. The van der Waals surface area contributed by atoms with Gasteiger partial charge in [-0.25, -0.2) is 0 Å². The van der Waals surface area contributed by atoms with E-state index in [9.17, 15) is 10.2 Å². The predicted octanol–water partition coefficient (Wildman–Crippen LogP) is 6.69. The fourth-order valence-electron chi connectivity index (χ4n) is 4.86. The Kier molecular flexibility index (Phi) is 6.37. The van der Waals surface area contributed by atoms with Gasteiger partial charge >= 0.3 is 0 Å². The Morgan fingerprint density at radius 2 is 1.04 bits per heavy atom. The molecule has 0 amide bonds. The maximum atomic E-state index is 10.5. The van der Waals surface area contributed by atoms with E-state index in [1.54, 1.807) is 12.1 Å². The highest BCUT2D eigenvalue weighted by Crippen LogP contribution is 2.39. The van der Waals surface area contributed by atoms with Crippen molar-refractivity contribution in [3.63, 3.8) is 0 Å². The topological polar surface area (TPSA) is 40.5 Å². The van der Waals surface area contributed by atoms with Crippen molar-refractivity contribution in [1.29, 1.82) is 0 Å². The van der Waals surface area contributed by atoms with Crippen molar-refractivity contribution < 1.29 is 10.2 Å². The van der Waals surface area contributed by atoms with E-state index in [1.165, 1.54) is 75.3 Å². The van der Waals surface area contributed by atoms with E-state index in [-0.39, 0.29) is 11.5 Å². The van der Waals surface area contributed by atoms with Crippen molar-refractivity contribution in [1.82, 2.24) is 0 Å². The molecule has 0 unspecified atom stereocenters. The van der Waals surface area contributed by atoms with E-state index >= 15 is 0 Å². The van der Waals surface area contributed by atoms with Crippen molar-refractivity contribution in [2.75, 3.05) is 0 Å². The number of hydrogen-bond donors (Lipinski definition) is 2. The molecule has 28 heavy (non-hydrogen) atoms. The number of benzene rings is 2. The molecule has 0 aromatic heterocycles. The molecule has 4 rings (SSSR count).